The Morgan fingerprint density at radius 1 is 1.19 bits per heavy atom. The van der Waals surface area contributed by atoms with Crippen LogP contribution in [-0.2, 0) is 0 Å². The number of rotatable bonds is 7. The smallest absolute Gasteiger partial charge is 0.322 e. The van der Waals surface area contributed by atoms with Crippen LogP contribution in [0.2, 0.25) is 10.0 Å². The van der Waals surface area contributed by atoms with E-state index >= 15 is 0 Å². The fourth-order valence-electron chi connectivity index (χ4n) is 2.27. The predicted octanol–water partition coefficient (Wildman–Crippen LogP) is 5.47. The highest BCUT2D eigenvalue weighted by molar-refractivity contribution is 6.35. The molecule has 0 radical (unpaired) electrons. The van der Waals surface area contributed by atoms with Crippen molar-refractivity contribution in [1.82, 2.24) is 10.2 Å². The van der Waals surface area contributed by atoms with E-state index in [1.54, 1.807) is 42.5 Å². The number of nitrogens with zero attached hydrogens (tertiary/aromatic N) is 2. The minimum absolute atomic E-state index is 0.0386. The van der Waals surface area contributed by atoms with E-state index in [1.807, 2.05) is 0 Å². The molecule has 0 aliphatic heterocycles. The molecule has 140 valence electrons. The third-order valence-corrected chi connectivity index (χ3v) is 4.23. The molecule has 6 nitrogen and oxygen atoms in total. The number of hydrogen-bond acceptors (Lipinski definition) is 5. The molecular formula is C19H17Cl2N3O3. The van der Waals surface area contributed by atoms with Crippen molar-refractivity contribution in [3.8, 4) is 17.2 Å². The zero-order valence-electron chi connectivity index (χ0n) is 14.5. The van der Waals surface area contributed by atoms with Gasteiger partial charge in [0.15, 0.2) is 0 Å². The Morgan fingerprint density at radius 2 is 2.04 bits per heavy atom. The number of ether oxygens (including phenoxy) is 1. The van der Waals surface area contributed by atoms with Gasteiger partial charge in [-0.2, -0.15) is 0 Å². The summed E-state index contributed by atoms with van der Waals surface area (Å²) < 4.78 is 11.1. The molecule has 1 aromatic heterocycles. The van der Waals surface area contributed by atoms with Crippen LogP contribution in [0.25, 0.3) is 11.5 Å². The minimum atomic E-state index is -0.386. The first kappa shape index (κ1) is 19.2. The van der Waals surface area contributed by atoms with Crippen molar-refractivity contribution in [3.63, 3.8) is 0 Å². The van der Waals surface area contributed by atoms with Gasteiger partial charge in [-0.15, -0.1) is 5.10 Å². The van der Waals surface area contributed by atoms with Gasteiger partial charge in [-0.05, 0) is 42.8 Å². The number of benzene rings is 2. The zero-order valence-corrected chi connectivity index (χ0v) is 16.0. The first-order valence-electron chi connectivity index (χ1n) is 8.40. The summed E-state index contributed by atoms with van der Waals surface area (Å²) in [4.78, 5) is 12.4. The van der Waals surface area contributed by atoms with E-state index in [2.05, 4.69) is 22.4 Å². The van der Waals surface area contributed by atoms with Crippen LogP contribution in [0.5, 0.6) is 5.75 Å². The van der Waals surface area contributed by atoms with E-state index in [9.17, 15) is 4.79 Å². The molecule has 0 aliphatic rings. The molecule has 1 N–H and O–H groups in total. The van der Waals surface area contributed by atoms with Gasteiger partial charge < -0.3 is 9.15 Å². The van der Waals surface area contributed by atoms with Gasteiger partial charge in [0.25, 0.3) is 11.8 Å². The van der Waals surface area contributed by atoms with Gasteiger partial charge >= 0.3 is 6.01 Å². The molecule has 3 rings (SSSR count). The average molecular weight is 406 g/mol. The molecule has 0 saturated heterocycles. The average Bonchev–Trinajstić information content (AvgIpc) is 3.12. The molecule has 0 bridgehead atoms. The van der Waals surface area contributed by atoms with Crippen LogP contribution in [0.4, 0.5) is 6.01 Å². The van der Waals surface area contributed by atoms with Crippen LogP contribution in [0.3, 0.4) is 0 Å². The maximum Gasteiger partial charge on any atom is 0.322 e. The Kier molecular flexibility index (Phi) is 6.32. The van der Waals surface area contributed by atoms with Crippen LogP contribution in [0.1, 0.15) is 30.1 Å². The van der Waals surface area contributed by atoms with Crippen molar-refractivity contribution in [1.29, 1.82) is 0 Å². The summed E-state index contributed by atoms with van der Waals surface area (Å²) in [6.45, 7) is 2.69. The molecule has 27 heavy (non-hydrogen) atoms. The van der Waals surface area contributed by atoms with Gasteiger partial charge in [0.05, 0.1) is 17.2 Å². The minimum Gasteiger partial charge on any atom is -0.494 e. The normalized spacial score (nSPS) is 10.6. The van der Waals surface area contributed by atoms with Crippen molar-refractivity contribution in [3.05, 3.63) is 58.1 Å². The van der Waals surface area contributed by atoms with E-state index in [1.165, 1.54) is 0 Å². The van der Waals surface area contributed by atoms with Crippen molar-refractivity contribution >= 4 is 35.1 Å². The van der Waals surface area contributed by atoms with Gasteiger partial charge in [0.2, 0.25) is 0 Å². The summed E-state index contributed by atoms with van der Waals surface area (Å²) in [6, 6.07) is 11.7. The molecule has 0 saturated carbocycles. The van der Waals surface area contributed by atoms with E-state index in [0.717, 1.165) is 12.8 Å². The lowest BCUT2D eigenvalue weighted by Gasteiger charge is -2.07. The van der Waals surface area contributed by atoms with Crippen LogP contribution < -0.4 is 10.1 Å². The number of nitrogens with one attached hydrogen (secondary N) is 1. The first-order chi connectivity index (χ1) is 13.1. The molecule has 0 fully saturated rings. The lowest BCUT2D eigenvalue weighted by Crippen LogP contribution is -2.12. The van der Waals surface area contributed by atoms with Crippen LogP contribution >= 0.6 is 23.2 Å². The van der Waals surface area contributed by atoms with E-state index in [-0.39, 0.29) is 17.8 Å². The van der Waals surface area contributed by atoms with Crippen molar-refractivity contribution in [2.75, 3.05) is 11.9 Å². The molecule has 8 heteroatoms. The highest BCUT2D eigenvalue weighted by Crippen LogP contribution is 2.30. The summed E-state index contributed by atoms with van der Waals surface area (Å²) in [5.74, 6) is 0.408. The Balaban J connectivity index is 1.71. The Bertz CT molecular complexity index is 943. The first-order valence-corrected chi connectivity index (χ1v) is 9.15. The quantitative estimate of drug-likeness (QED) is 0.526. The Hall–Kier alpha value is -2.57. The summed E-state index contributed by atoms with van der Waals surface area (Å²) in [7, 11) is 0. The second-order valence-corrected chi connectivity index (χ2v) is 6.56. The summed E-state index contributed by atoms with van der Waals surface area (Å²) in [5.41, 5.74) is 0.910. The number of carbonyl (C=O) groups excluding carboxylic acids is 1. The van der Waals surface area contributed by atoms with Crippen LogP contribution in [0.15, 0.2) is 46.9 Å². The highest BCUT2D eigenvalue weighted by Gasteiger charge is 2.15. The number of unbranched alkanes of at least 4 members (excludes halogenated alkanes) is 1. The molecule has 0 atom stereocenters. The van der Waals surface area contributed by atoms with Gasteiger partial charge in [0.1, 0.15) is 5.75 Å². The van der Waals surface area contributed by atoms with Crippen LogP contribution in [0, 0.1) is 0 Å². The highest BCUT2D eigenvalue weighted by atomic mass is 35.5. The number of halogens is 2. The standard InChI is InChI=1S/C19H17Cl2N3O3/c1-2-3-9-26-14-6-4-5-12(10-14)17(25)22-19-24-23-18(27-19)15-11-13(20)7-8-16(15)21/h4-8,10-11H,2-3,9H2,1H3,(H,22,24,25). The second-order valence-electron chi connectivity index (χ2n) is 5.72. The maximum atomic E-state index is 12.4. The number of carbonyl (C=O) groups is 1. The van der Waals surface area contributed by atoms with E-state index in [0.29, 0.717) is 33.5 Å². The largest absolute Gasteiger partial charge is 0.494 e. The molecular weight excluding hydrogens is 389 g/mol. The van der Waals surface area contributed by atoms with Gasteiger partial charge in [-0.3, -0.25) is 10.1 Å². The number of anilines is 1. The predicted molar refractivity (Wildman–Crippen MR) is 105 cm³/mol. The SMILES string of the molecule is CCCCOc1cccc(C(=O)Nc2nnc(-c3cc(Cl)ccc3Cl)o2)c1. The molecule has 0 aliphatic carbocycles. The maximum absolute atomic E-state index is 12.4. The molecule has 2 aromatic carbocycles. The molecule has 1 heterocycles. The summed E-state index contributed by atoms with van der Waals surface area (Å²) >= 11 is 12.1. The van der Waals surface area contributed by atoms with Gasteiger partial charge in [0, 0.05) is 10.6 Å². The van der Waals surface area contributed by atoms with Crippen molar-refractivity contribution in [2.45, 2.75) is 19.8 Å². The molecule has 1 amide bonds. The third-order valence-electron chi connectivity index (χ3n) is 3.67. The topological polar surface area (TPSA) is 77.2 Å². The monoisotopic (exact) mass is 405 g/mol. The van der Waals surface area contributed by atoms with E-state index < -0.39 is 0 Å². The van der Waals surface area contributed by atoms with Crippen molar-refractivity contribution < 1.29 is 13.9 Å². The lowest BCUT2D eigenvalue weighted by molar-refractivity contribution is 0.102. The van der Waals surface area contributed by atoms with Crippen molar-refractivity contribution in [2.24, 2.45) is 0 Å². The molecule has 3 aromatic rings. The fraction of sp³-hybridized carbons (Fsp3) is 0.211. The summed E-state index contributed by atoms with van der Waals surface area (Å²) in [6.07, 6.45) is 1.99. The third kappa shape index (κ3) is 4.99. The van der Waals surface area contributed by atoms with Gasteiger partial charge in [-0.1, -0.05) is 47.7 Å². The van der Waals surface area contributed by atoms with Gasteiger partial charge in [-0.25, -0.2) is 0 Å². The number of aromatic nitrogens is 2. The molecule has 0 spiro atoms. The fourth-order valence-corrected chi connectivity index (χ4v) is 2.65. The molecule has 0 unspecified atom stereocenters. The summed E-state index contributed by atoms with van der Waals surface area (Å²) in [5, 5.41) is 11.2. The number of amides is 1. The number of hydrogen-bond donors (Lipinski definition) is 1. The Labute approximate surface area is 166 Å². The van der Waals surface area contributed by atoms with Crippen LogP contribution in [-0.4, -0.2) is 22.7 Å². The van der Waals surface area contributed by atoms with E-state index in [4.69, 9.17) is 32.4 Å². The zero-order chi connectivity index (χ0) is 19.2. The second kappa shape index (κ2) is 8.88. The lowest BCUT2D eigenvalue weighted by atomic mass is 10.2. The Morgan fingerprint density at radius 3 is 2.85 bits per heavy atom.